The largest absolute Gasteiger partial charge is 0.357 e. The van der Waals surface area contributed by atoms with E-state index in [9.17, 15) is 9.59 Å². The van der Waals surface area contributed by atoms with E-state index in [-0.39, 0.29) is 17.7 Å². The summed E-state index contributed by atoms with van der Waals surface area (Å²) in [6, 6.07) is 10.0. The maximum Gasteiger partial charge on any atom is 0.257 e. The third kappa shape index (κ3) is 4.36. The minimum atomic E-state index is -0.160. The Morgan fingerprint density at radius 2 is 1.92 bits per heavy atom. The summed E-state index contributed by atoms with van der Waals surface area (Å²) in [6.45, 7) is 1.61. The fourth-order valence-electron chi connectivity index (χ4n) is 3.03. The number of anilines is 1. The standard InChI is InChI=1S/C19H23N5O2/c1-20-19-22-11-16(12-23-19)18(26)24-10-8-15(13-24)17(25)21-9-7-14-5-3-2-4-6-14/h2-6,11-12,15H,7-10,13H2,1H3,(H,21,25)(H,20,22,23)/t15-/m1/s1. The van der Waals surface area contributed by atoms with Crippen LogP contribution in [0.4, 0.5) is 5.95 Å². The number of nitrogens with one attached hydrogen (secondary N) is 2. The van der Waals surface area contributed by atoms with Crippen LogP contribution in [0.1, 0.15) is 22.3 Å². The van der Waals surface area contributed by atoms with E-state index in [4.69, 9.17) is 0 Å². The zero-order valence-electron chi connectivity index (χ0n) is 14.8. The van der Waals surface area contributed by atoms with Crippen molar-refractivity contribution in [2.24, 2.45) is 5.92 Å². The molecule has 2 amide bonds. The van der Waals surface area contributed by atoms with Crippen molar-refractivity contribution >= 4 is 17.8 Å². The normalized spacial score (nSPS) is 16.3. The van der Waals surface area contributed by atoms with E-state index < -0.39 is 0 Å². The Labute approximate surface area is 152 Å². The van der Waals surface area contributed by atoms with Gasteiger partial charge in [0.05, 0.1) is 11.5 Å². The van der Waals surface area contributed by atoms with Gasteiger partial charge in [-0.25, -0.2) is 9.97 Å². The molecular formula is C19H23N5O2. The highest BCUT2D eigenvalue weighted by Crippen LogP contribution is 2.18. The predicted molar refractivity (Wildman–Crippen MR) is 98.7 cm³/mol. The second-order valence-corrected chi connectivity index (χ2v) is 6.31. The quantitative estimate of drug-likeness (QED) is 0.818. The third-order valence-corrected chi connectivity index (χ3v) is 4.52. The SMILES string of the molecule is CNc1ncc(C(=O)N2CC[C@@H](C(=O)NCCc3ccccc3)C2)cn1. The molecule has 2 aromatic rings. The van der Waals surface area contributed by atoms with E-state index in [1.165, 1.54) is 18.0 Å². The van der Waals surface area contributed by atoms with E-state index in [1.54, 1.807) is 11.9 Å². The molecule has 1 aliphatic heterocycles. The first kappa shape index (κ1) is 17.8. The lowest BCUT2D eigenvalue weighted by Crippen LogP contribution is -2.35. The first-order valence-corrected chi connectivity index (χ1v) is 8.78. The van der Waals surface area contributed by atoms with Gasteiger partial charge in [-0.2, -0.15) is 0 Å². The smallest absolute Gasteiger partial charge is 0.257 e. The molecule has 1 aliphatic rings. The van der Waals surface area contributed by atoms with E-state index in [0.717, 1.165) is 6.42 Å². The second kappa shape index (κ2) is 8.42. The summed E-state index contributed by atoms with van der Waals surface area (Å²) in [5.41, 5.74) is 1.63. The lowest BCUT2D eigenvalue weighted by atomic mass is 10.1. The fourth-order valence-corrected chi connectivity index (χ4v) is 3.03. The average molecular weight is 353 g/mol. The molecule has 0 saturated carbocycles. The van der Waals surface area contributed by atoms with Crippen molar-refractivity contribution in [1.82, 2.24) is 20.2 Å². The highest BCUT2D eigenvalue weighted by atomic mass is 16.2. The van der Waals surface area contributed by atoms with Crippen LogP contribution in [-0.4, -0.2) is 53.4 Å². The molecule has 1 saturated heterocycles. The number of amides is 2. The molecule has 7 nitrogen and oxygen atoms in total. The van der Waals surface area contributed by atoms with E-state index in [0.29, 0.717) is 37.6 Å². The van der Waals surface area contributed by atoms with Crippen molar-refractivity contribution < 1.29 is 9.59 Å². The van der Waals surface area contributed by atoms with Crippen molar-refractivity contribution in [3.63, 3.8) is 0 Å². The number of benzene rings is 1. The highest BCUT2D eigenvalue weighted by Gasteiger charge is 2.31. The molecule has 0 aliphatic carbocycles. The molecule has 1 aromatic carbocycles. The molecule has 1 aromatic heterocycles. The van der Waals surface area contributed by atoms with Gasteiger partial charge < -0.3 is 15.5 Å². The molecule has 0 unspecified atom stereocenters. The molecule has 0 radical (unpaired) electrons. The molecule has 1 atom stereocenters. The van der Waals surface area contributed by atoms with Crippen molar-refractivity contribution in [3.8, 4) is 0 Å². The summed E-state index contributed by atoms with van der Waals surface area (Å²) < 4.78 is 0. The van der Waals surface area contributed by atoms with Gasteiger partial charge in [0.25, 0.3) is 5.91 Å². The molecule has 2 N–H and O–H groups in total. The zero-order chi connectivity index (χ0) is 18.4. The van der Waals surface area contributed by atoms with Gasteiger partial charge in [-0.1, -0.05) is 30.3 Å². The number of carbonyl (C=O) groups excluding carboxylic acids is 2. The summed E-state index contributed by atoms with van der Waals surface area (Å²) in [4.78, 5) is 34.7. The predicted octanol–water partition coefficient (Wildman–Crippen LogP) is 1.34. The topological polar surface area (TPSA) is 87.2 Å². The summed E-state index contributed by atoms with van der Waals surface area (Å²) in [5.74, 6) is 0.191. The summed E-state index contributed by atoms with van der Waals surface area (Å²) in [7, 11) is 1.72. The Balaban J connectivity index is 1.47. The Bertz CT molecular complexity index is 748. The van der Waals surface area contributed by atoms with Gasteiger partial charge in [0.1, 0.15) is 0 Å². The first-order chi connectivity index (χ1) is 12.7. The summed E-state index contributed by atoms with van der Waals surface area (Å²) >= 11 is 0. The van der Waals surface area contributed by atoms with Crippen LogP contribution in [0, 0.1) is 5.92 Å². The summed E-state index contributed by atoms with van der Waals surface area (Å²) in [5, 5.41) is 5.79. The third-order valence-electron chi connectivity index (χ3n) is 4.52. The van der Waals surface area contributed by atoms with Gasteiger partial charge in [-0.05, 0) is 18.4 Å². The molecule has 26 heavy (non-hydrogen) atoms. The van der Waals surface area contributed by atoms with Crippen LogP contribution < -0.4 is 10.6 Å². The Morgan fingerprint density at radius 3 is 2.62 bits per heavy atom. The van der Waals surface area contributed by atoms with E-state index in [2.05, 4.69) is 20.6 Å². The van der Waals surface area contributed by atoms with Crippen LogP contribution in [-0.2, 0) is 11.2 Å². The lowest BCUT2D eigenvalue weighted by molar-refractivity contribution is -0.124. The maximum absolute atomic E-state index is 12.5. The lowest BCUT2D eigenvalue weighted by Gasteiger charge is -2.16. The molecular weight excluding hydrogens is 330 g/mol. The highest BCUT2D eigenvalue weighted by molar-refractivity contribution is 5.94. The van der Waals surface area contributed by atoms with E-state index >= 15 is 0 Å². The van der Waals surface area contributed by atoms with Gasteiger partial charge in [0, 0.05) is 39.1 Å². The number of hydrogen-bond acceptors (Lipinski definition) is 5. The molecule has 7 heteroatoms. The molecule has 2 heterocycles. The Morgan fingerprint density at radius 1 is 1.19 bits per heavy atom. The van der Waals surface area contributed by atoms with Gasteiger partial charge in [-0.3, -0.25) is 9.59 Å². The second-order valence-electron chi connectivity index (χ2n) is 6.31. The number of nitrogens with zero attached hydrogens (tertiary/aromatic N) is 3. The van der Waals surface area contributed by atoms with Crippen molar-refractivity contribution in [2.45, 2.75) is 12.8 Å². The molecule has 1 fully saturated rings. The van der Waals surface area contributed by atoms with Crippen molar-refractivity contribution in [1.29, 1.82) is 0 Å². The Kier molecular flexibility index (Phi) is 5.78. The minimum absolute atomic E-state index is 0.0120. The monoisotopic (exact) mass is 353 g/mol. The Hall–Kier alpha value is -2.96. The maximum atomic E-state index is 12.5. The molecule has 3 rings (SSSR count). The number of rotatable bonds is 6. The summed E-state index contributed by atoms with van der Waals surface area (Å²) in [6.07, 6.45) is 4.50. The fraction of sp³-hybridized carbons (Fsp3) is 0.368. The van der Waals surface area contributed by atoms with Gasteiger partial charge in [-0.15, -0.1) is 0 Å². The minimum Gasteiger partial charge on any atom is -0.357 e. The van der Waals surface area contributed by atoms with Crippen LogP contribution in [0.3, 0.4) is 0 Å². The zero-order valence-corrected chi connectivity index (χ0v) is 14.8. The van der Waals surface area contributed by atoms with Crippen LogP contribution in [0.2, 0.25) is 0 Å². The van der Waals surface area contributed by atoms with Gasteiger partial charge in [0.2, 0.25) is 11.9 Å². The van der Waals surface area contributed by atoms with Crippen LogP contribution in [0.5, 0.6) is 0 Å². The average Bonchev–Trinajstić information content (AvgIpc) is 3.18. The van der Waals surface area contributed by atoms with Crippen LogP contribution >= 0.6 is 0 Å². The number of hydrogen-bond donors (Lipinski definition) is 2. The molecule has 136 valence electrons. The van der Waals surface area contributed by atoms with Gasteiger partial charge in [0.15, 0.2) is 0 Å². The first-order valence-electron chi connectivity index (χ1n) is 8.78. The van der Waals surface area contributed by atoms with E-state index in [1.807, 2.05) is 30.3 Å². The van der Waals surface area contributed by atoms with Crippen LogP contribution in [0.25, 0.3) is 0 Å². The van der Waals surface area contributed by atoms with Crippen molar-refractivity contribution in [3.05, 3.63) is 53.9 Å². The van der Waals surface area contributed by atoms with Crippen LogP contribution in [0.15, 0.2) is 42.7 Å². The molecule has 0 bridgehead atoms. The number of carbonyl (C=O) groups is 2. The van der Waals surface area contributed by atoms with Gasteiger partial charge >= 0.3 is 0 Å². The van der Waals surface area contributed by atoms with Crippen molar-refractivity contribution in [2.75, 3.05) is 32.0 Å². The number of likely N-dealkylation sites (tertiary alicyclic amines) is 1. The number of aromatic nitrogens is 2. The molecule has 0 spiro atoms.